The molecule has 0 fully saturated rings. The summed E-state index contributed by atoms with van der Waals surface area (Å²) in [5, 5.41) is 0.526. The normalized spacial score (nSPS) is 12.2. The van der Waals surface area contributed by atoms with Crippen molar-refractivity contribution in [1.82, 2.24) is 0 Å². The van der Waals surface area contributed by atoms with Crippen molar-refractivity contribution in [2.45, 2.75) is 19.0 Å². The van der Waals surface area contributed by atoms with E-state index in [1.807, 2.05) is 0 Å². The molecule has 0 saturated heterocycles. The van der Waals surface area contributed by atoms with Crippen LogP contribution in [0.25, 0.3) is 11.1 Å². The molecule has 0 bridgehead atoms. The van der Waals surface area contributed by atoms with Gasteiger partial charge in [-0.25, -0.2) is 0 Å². The zero-order chi connectivity index (χ0) is 17.8. The fourth-order valence-corrected chi connectivity index (χ4v) is 3.20. The van der Waals surface area contributed by atoms with Gasteiger partial charge in [0.05, 0.1) is 5.75 Å². The van der Waals surface area contributed by atoms with Crippen LogP contribution >= 0.6 is 11.6 Å². The summed E-state index contributed by atoms with van der Waals surface area (Å²) in [7, 11) is -4.09. The molecule has 0 aliphatic carbocycles. The van der Waals surface area contributed by atoms with Gasteiger partial charge in [0.15, 0.2) is 0 Å². The van der Waals surface area contributed by atoms with E-state index in [0.717, 1.165) is 5.56 Å². The Kier molecular flexibility index (Phi) is 5.77. The second-order valence-electron chi connectivity index (χ2n) is 5.10. The molecule has 0 N–H and O–H groups in total. The van der Waals surface area contributed by atoms with Crippen LogP contribution in [-0.4, -0.2) is 20.3 Å². The van der Waals surface area contributed by atoms with Gasteiger partial charge >= 0.3 is 16.3 Å². The molecule has 0 amide bonds. The third-order valence-corrected chi connectivity index (χ3v) is 4.54. The van der Waals surface area contributed by atoms with Crippen LogP contribution < -0.4 is 4.18 Å². The summed E-state index contributed by atoms with van der Waals surface area (Å²) in [5.41, 5.74) is 1.45. The Morgan fingerprint density at radius 3 is 2.25 bits per heavy atom. The van der Waals surface area contributed by atoms with E-state index < -0.39 is 34.9 Å². The van der Waals surface area contributed by atoms with Crippen molar-refractivity contribution < 1.29 is 25.8 Å². The average Bonchev–Trinajstić information content (AvgIpc) is 2.45. The topological polar surface area (TPSA) is 43.4 Å². The molecule has 0 unspecified atom stereocenters. The smallest absolute Gasteiger partial charge is 0.382 e. The fraction of sp³-hybridized carbons (Fsp3) is 0.250. The number of rotatable bonds is 6. The minimum atomic E-state index is -4.39. The van der Waals surface area contributed by atoms with Gasteiger partial charge in [-0.1, -0.05) is 35.9 Å². The van der Waals surface area contributed by atoms with E-state index in [1.54, 1.807) is 36.4 Å². The monoisotopic (exact) mass is 378 g/mol. The fourth-order valence-electron chi connectivity index (χ4n) is 2.03. The van der Waals surface area contributed by atoms with Gasteiger partial charge in [-0.05, 0) is 41.8 Å². The van der Waals surface area contributed by atoms with Crippen molar-refractivity contribution >= 4 is 21.7 Å². The summed E-state index contributed by atoms with van der Waals surface area (Å²) in [4.78, 5) is 0. The van der Waals surface area contributed by atoms with E-state index in [2.05, 4.69) is 0 Å². The third kappa shape index (κ3) is 6.05. The molecule has 0 aromatic heterocycles. The molecule has 2 rings (SSSR count). The second kappa shape index (κ2) is 7.44. The maximum atomic E-state index is 12.1. The average molecular weight is 379 g/mol. The highest BCUT2D eigenvalue weighted by molar-refractivity contribution is 7.87. The maximum Gasteiger partial charge on any atom is 0.389 e. The van der Waals surface area contributed by atoms with Crippen molar-refractivity contribution in [3.05, 3.63) is 53.6 Å². The van der Waals surface area contributed by atoms with Gasteiger partial charge in [0.1, 0.15) is 5.75 Å². The van der Waals surface area contributed by atoms with Gasteiger partial charge in [0.25, 0.3) is 0 Å². The van der Waals surface area contributed by atoms with Crippen LogP contribution in [0.4, 0.5) is 13.2 Å². The van der Waals surface area contributed by atoms with Crippen LogP contribution in [0.2, 0.25) is 5.02 Å². The molecule has 2 aromatic carbocycles. The van der Waals surface area contributed by atoms with Gasteiger partial charge < -0.3 is 4.18 Å². The summed E-state index contributed by atoms with van der Waals surface area (Å²) in [6, 6.07) is 13.2. The first kappa shape index (κ1) is 18.6. The van der Waals surface area contributed by atoms with E-state index in [-0.39, 0.29) is 5.75 Å². The summed E-state index contributed by atoms with van der Waals surface area (Å²) in [6.45, 7) is 0. The van der Waals surface area contributed by atoms with Crippen molar-refractivity contribution in [2.75, 3.05) is 5.75 Å². The van der Waals surface area contributed by atoms with Gasteiger partial charge in [-0.15, -0.1) is 0 Å². The molecule has 3 nitrogen and oxygen atoms in total. The predicted octanol–water partition coefficient (Wildman–Crippen LogP) is 5.06. The van der Waals surface area contributed by atoms with Gasteiger partial charge in [0.2, 0.25) is 0 Å². The van der Waals surface area contributed by atoms with E-state index in [4.69, 9.17) is 15.8 Å². The number of hydrogen-bond donors (Lipinski definition) is 0. The van der Waals surface area contributed by atoms with Gasteiger partial charge in [0, 0.05) is 11.4 Å². The molecule has 0 saturated carbocycles. The second-order valence-corrected chi connectivity index (χ2v) is 7.23. The van der Waals surface area contributed by atoms with E-state index in [9.17, 15) is 21.6 Å². The van der Waals surface area contributed by atoms with Crippen LogP contribution in [0.15, 0.2) is 48.5 Å². The maximum absolute atomic E-state index is 12.1. The minimum Gasteiger partial charge on any atom is -0.382 e. The Morgan fingerprint density at radius 2 is 1.62 bits per heavy atom. The number of hydrogen-bond acceptors (Lipinski definition) is 3. The zero-order valence-electron chi connectivity index (χ0n) is 12.4. The lowest BCUT2D eigenvalue weighted by atomic mass is 10.1. The SMILES string of the molecule is O=S(=O)(CCCC(F)(F)F)Oc1cccc(-c2cccc(Cl)c2)c1. The summed E-state index contributed by atoms with van der Waals surface area (Å²) in [6.07, 6.45) is -6.10. The molecule has 0 heterocycles. The Morgan fingerprint density at radius 1 is 1.00 bits per heavy atom. The molecule has 8 heteroatoms. The summed E-state index contributed by atoms with van der Waals surface area (Å²) < 4.78 is 64.7. The van der Waals surface area contributed by atoms with Crippen molar-refractivity contribution in [3.8, 4) is 16.9 Å². The highest BCUT2D eigenvalue weighted by atomic mass is 35.5. The van der Waals surface area contributed by atoms with Crippen molar-refractivity contribution in [2.24, 2.45) is 0 Å². The molecule has 130 valence electrons. The number of halogens is 4. The van der Waals surface area contributed by atoms with Gasteiger partial charge in [-0.3, -0.25) is 0 Å². The minimum absolute atomic E-state index is 0.0412. The number of benzene rings is 2. The zero-order valence-corrected chi connectivity index (χ0v) is 14.0. The molecule has 0 spiro atoms. The molecule has 2 aromatic rings. The first-order valence-electron chi connectivity index (χ1n) is 7.00. The van der Waals surface area contributed by atoms with E-state index >= 15 is 0 Å². The standard InChI is InChI=1S/C16H14ClF3O3S/c17-14-6-1-4-12(10-14)13-5-2-7-15(11-13)23-24(21,22)9-3-8-16(18,19)20/h1-2,4-7,10-11H,3,8-9H2. The molecule has 24 heavy (non-hydrogen) atoms. The number of alkyl halides is 3. The summed E-state index contributed by atoms with van der Waals surface area (Å²) >= 11 is 5.92. The molecule has 0 aliphatic heterocycles. The largest absolute Gasteiger partial charge is 0.389 e. The van der Waals surface area contributed by atoms with Crippen LogP contribution in [0, 0.1) is 0 Å². The van der Waals surface area contributed by atoms with Crippen LogP contribution in [0.1, 0.15) is 12.8 Å². The molecule has 0 aliphatic rings. The van der Waals surface area contributed by atoms with E-state index in [1.165, 1.54) is 12.1 Å². The first-order valence-corrected chi connectivity index (χ1v) is 8.95. The Labute approximate surface area is 143 Å². The first-order chi connectivity index (χ1) is 11.1. The van der Waals surface area contributed by atoms with Crippen LogP contribution in [0.5, 0.6) is 5.75 Å². The van der Waals surface area contributed by atoms with Crippen LogP contribution in [-0.2, 0) is 10.1 Å². The Bertz CT molecular complexity index is 804. The summed E-state index contributed by atoms with van der Waals surface area (Å²) in [5.74, 6) is -0.659. The van der Waals surface area contributed by atoms with Crippen molar-refractivity contribution in [1.29, 1.82) is 0 Å². The lowest BCUT2D eigenvalue weighted by Crippen LogP contribution is -2.16. The molecule has 0 radical (unpaired) electrons. The van der Waals surface area contributed by atoms with E-state index in [0.29, 0.717) is 10.6 Å². The molecule has 0 atom stereocenters. The highest BCUT2D eigenvalue weighted by Crippen LogP contribution is 2.27. The Balaban J connectivity index is 2.09. The van der Waals surface area contributed by atoms with Crippen LogP contribution in [0.3, 0.4) is 0 Å². The molecular weight excluding hydrogens is 365 g/mol. The predicted molar refractivity (Wildman–Crippen MR) is 86.6 cm³/mol. The van der Waals surface area contributed by atoms with Gasteiger partial charge in [-0.2, -0.15) is 21.6 Å². The lowest BCUT2D eigenvalue weighted by Gasteiger charge is -2.10. The quantitative estimate of drug-likeness (QED) is 0.660. The Hall–Kier alpha value is -1.73. The molecular formula is C16H14ClF3O3S. The highest BCUT2D eigenvalue weighted by Gasteiger charge is 2.27. The van der Waals surface area contributed by atoms with Crippen molar-refractivity contribution in [3.63, 3.8) is 0 Å². The third-order valence-electron chi connectivity index (χ3n) is 3.07. The lowest BCUT2D eigenvalue weighted by molar-refractivity contribution is -0.134.